The molecule has 2 aromatic rings. The number of rotatable bonds is 4. The standard InChI is InChI=1S/C17H25N3O2/c1-16(2,3)22-15(21)20-11-17(4,10-18)13-7-5-6-12-8-9-19-14(12)13/h5-9,19H,10-11,18H2,1-4H3,(H,20,21). The van der Waals surface area contributed by atoms with Gasteiger partial charge in [-0.15, -0.1) is 0 Å². The number of ether oxygens (including phenoxy) is 1. The van der Waals surface area contributed by atoms with E-state index < -0.39 is 11.7 Å². The number of aromatic nitrogens is 1. The highest BCUT2D eigenvalue weighted by Crippen LogP contribution is 2.28. The molecule has 0 saturated heterocycles. The number of amides is 1. The van der Waals surface area contributed by atoms with Crippen LogP contribution in [0.3, 0.4) is 0 Å². The first-order valence-electron chi connectivity index (χ1n) is 7.49. The van der Waals surface area contributed by atoms with Crippen molar-refractivity contribution < 1.29 is 9.53 Å². The van der Waals surface area contributed by atoms with Crippen LogP contribution in [0.4, 0.5) is 4.79 Å². The van der Waals surface area contributed by atoms with Gasteiger partial charge in [0.05, 0.1) is 0 Å². The monoisotopic (exact) mass is 303 g/mol. The Bertz CT molecular complexity index is 657. The van der Waals surface area contributed by atoms with Gasteiger partial charge in [0, 0.05) is 30.2 Å². The summed E-state index contributed by atoms with van der Waals surface area (Å²) in [4.78, 5) is 15.1. The molecule has 1 atom stereocenters. The summed E-state index contributed by atoms with van der Waals surface area (Å²) in [5.74, 6) is 0. The van der Waals surface area contributed by atoms with E-state index in [1.165, 1.54) is 0 Å². The van der Waals surface area contributed by atoms with Crippen LogP contribution < -0.4 is 11.1 Å². The van der Waals surface area contributed by atoms with Crippen LogP contribution in [0.15, 0.2) is 30.5 Å². The lowest BCUT2D eigenvalue weighted by molar-refractivity contribution is 0.0516. The summed E-state index contributed by atoms with van der Waals surface area (Å²) in [6.45, 7) is 8.40. The van der Waals surface area contributed by atoms with Crippen molar-refractivity contribution in [2.45, 2.75) is 38.7 Å². The van der Waals surface area contributed by atoms with Gasteiger partial charge in [0.25, 0.3) is 0 Å². The Morgan fingerprint density at radius 1 is 1.27 bits per heavy atom. The van der Waals surface area contributed by atoms with Crippen molar-refractivity contribution in [3.63, 3.8) is 0 Å². The second-order valence-corrected chi connectivity index (χ2v) is 6.87. The Hall–Kier alpha value is -2.01. The number of carbonyl (C=O) groups is 1. The SMILES string of the molecule is CC(C)(C)OC(=O)NCC(C)(CN)c1cccc2cc[nH]c12. The van der Waals surface area contributed by atoms with Gasteiger partial charge in [-0.05, 0) is 37.8 Å². The Labute approximate surface area is 131 Å². The molecule has 1 heterocycles. The third kappa shape index (κ3) is 3.60. The van der Waals surface area contributed by atoms with Crippen LogP contribution in [0.1, 0.15) is 33.3 Å². The van der Waals surface area contributed by atoms with Crippen LogP contribution in [0.5, 0.6) is 0 Å². The van der Waals surface area contributed by atoms with E-state index in [9.17, 15) is 4.79 Å². The van der Waals surface area contributed by atoms with Crippen LogP contribution >= 0.6 is 0 Å². The zero-order chi connectivity index (χ0) is 16.4. The zero-order valence-electron chi connectivity index (χ0n) is 13.7. The second-order valence-electron chi connectivity index (χ2n) is 6.87. The van der Waals surface area contributed by atoms with Gasteiger partial charge in [-0.2, -0.15) is 0 Å². The highest BCUT2D eigenvalue weighted by molar-refractivity contribution is 5.83. The first-order chi connectivity index (χ1) is 10.2. The fourth-order valence-electron chi connectivity index (χ4n) is 2.45. The number of benzene rings is 1. The first kappa shape index (κ1) is 16.4. The molecule has 2 rings (SSSR count). The average molecular weight is 303 g/mol. The fourth-order valence-corrected chi connectivity index (χ4v) is 2.45. The van der Waals surface area contributed by atoms with E-state index in [-0.39, 0.29) is 5.41 Å². The number of hydrogen-bond acceptors (Lipinski definition) is 3. The minimum absolute atomic E-state index is 0.374. The summed E-state index contributed by atoms with van der Waals surface area (Å²) < 4.78 is 5.29. The molecule has 5 heteroatoms. The highest BCUT2D eigenvalue weighted by Gasteiger charge is 2.29. The van der Waals surface area contributed by atoms with Gasteiger partial charge in [0.15, 0.2) is 0 Å². The van der Waals surface area contributed by atoms with E-state index in [1.807, 2.05) is 58.2 Å². The molecule has 5 nitrogen and oxygen atoms in total. The van der Waals surface area contributed by atoms with Gasteiger partial charge < -0.3 is 20.8 Å². The molecular formula is C17H25N3O2. The minimum Gasteiger partial charge on any atom is -0.444 e. The number of fused-ring (bicyclic) bond motifs is 1. The molecule has 0 radical (unpaired) electrons. The zero-order valence-corrected chi connectivity index (χ0v) is 13.7. The summed E-state index contributed by atoms with van der Waals surface area (Å²) in [6, 6.07) is 8.12. The lowest BCUT2D eigenvalue weighted by Gasteiger charge is -2.30. The average Bonchev–Trinajstić information content (AvgIpc) is 2.91. The van der Waals surface area contributed by atoms with E-state index in [4.69, 9.17) is 10.5 Å². The van der Waals surface area contributed by atoms with E-state index in [1.54, 1.807) is 0 Å². The number of alkyl carbamates (subject to hydrolysis) is 1. The molecule has 1 aromatic carbocycles. The number of hydrogen-bond donors (Lipinski definition) is 3. The molecule has 0 fully saturated rings. The molecule has 0 bridgehead atoms. The molecule has 0 aliphatic heterocycles. The number of nitrogens with two attached hydrogens (primary N) is 1. The molecule has 4 N–H and O–H groups in total. The molecule has 0 saturated carbocycles. The van der Waals surface area contributed by atoms with Crippen molar-refractivity contribution in [3.05, 3.63) is 36.0 Å². The van der Waals surface area contributed by atoms with Crippen molar-refractivity contribution in [2.75, 3.05) is 13.1 Å². The summed E-state index contributed by atoms with van der Waals surface area (Å²) in [5, 5.41) is 3.96. The van der Waals surface area contributed by atoms with Gasteiger partial charge in [-0.25, -0.2) is 4.79 Å². The minimum atomic E-state index is -0.511. The predicted octanol–water partition coefficient (Wildman–Crippen LogP) is 2.91. The Kier molecular flexibility index (Phi) is 4.47. The smallest absolute Gasteiger partial charge is 0.407 e. The highest BCUT2D eigenvalue weighted by atomic mass is 16.6. The lowest BCUT2D eigenvalue weighted by Crippen LogP contribution is -2.45. The normalized spacial score (nSPS) is 14.6. The predicted molar refractivity (Wildman–Crippen MR) is 88.9 cm³/mol. The van der Waals surface area contributed by atoms with Crippen LogP contribution in [0, 0.1) is 0 Å². The van der Waals surface area contributed by atoms with Crippen molar-refractivity contribution >= 4 is 17.0 Å². The van der Waals surface area contributed by atoms with Gasteiger partial charge in [-0.1, -0.05) is 25.1 Å². The second kappa shape index (κ2) is 6.01. The molecule has 1 amide bonds. The van der Waals surface area contributed by atoms with E-state index in [0.717, 1.165) is 16.5 Å². The molecular weight excluding hydrogens is 278 g/mol. The third-order valence-corrected chi connectivity index (χ3v) is 3.71. The Morgan fingerprint density at radius 2 is 2.00 bits per heavy atom. The number of nitrogens with one attached hydrogen (secondary N) is 2. The maximum atomic E-state index is 11.9. The van der Waals surface area contributed by atoms with Crippen molar-refractivity contribution in [1.82, 2.24) is 10.3 Å². The summed E-state index contributed by atoms with van der Waals surface area (Å²) in [7, 11) is 0. The topological polar surface area (TPSA) is 80.1 Å². The summed E-state index contributed by atoms with van der Waals surface area (Å²) in [5.41, 5.74) is 7.27. The Morgan fingerprint density at radius 3 is 2.64 bits per heavy atom. The Balaban J connectivity index is 2.19. The maximum Gasteiger partial charge on any atom is 0.407 e. The van der Waals surface area contributed by atoms with Crippen molar-refractivity contribution in [1.29, 1.82) is 0 Å². The first-order valence-corrected chi connectivity index (χ1v) is 7.49. The lowest BCUT2D eigenvalue weighted by atomic mass is 9.81. The molecule has 22 heavy (non-hydrogen) atoms. The van der Waals surface area contributed by atoms with Gasteiger partial charge in [0.1, 0.15) is 5.60 Å². The molecule has 120 valence electrons. The van der Waals surface area contributed by atoms with Gasteiger partial charge >= 0.3 is 6.09 Å². The molecule has 1 unspecified atom stereocenters. The molecule has 0 spiro atoms. The van der Waals surface area contributed by atoms with Crippen molar-refractivity contribution in [3.8, 4) is 0 Å². The van der Waals surface area contributed by atoms with E-state index in [2.05, 4.69) is 10.3 Å². The molecule has 0 aliphatic carbocycles. The molecule has 0 aliphatic rings. The summed E-state index contributed by atoms with van der Waals surface area (Å²) in [6.07, 6.45) is 1.48. The van der Waals surface area contributed by atoms with E-state index in [0.29, 0.717) is 13.1 Å². The van der Waals surface area contributed by atoms with Crippen LogP contribution in [0.2, 0.25) is 0 Å². The van der Waals surface area contributed by atoms with E-state index >= 15 is 0 Å². The van der Waals surface area contributed by atoms with Crippen LogP contribution in [-0.4, -0.2) is 29.8 Å². The number of H-pyrrole nitrogens is 1. The van der Waals surface area contributed by atoms with Gasteiger partial charge in [-0.3, -0.25) is 0 Å². The van der Waals surface area contributed by atoms with Crippen LogP contribution in [0.25, 0.3) is 10.9 Å². The number of para-hydroxylation sites is 1. The summed E-state index contributed by atoms with van der Waals surface area (Å²) >= 11 is 0. The molecule has 1 aromatic heterocycles. The number of aromatic amines is 1. The largest absolute Gasteiger partial charge is 0.444 e. The quantitative estimate of drug-likeness (QED) is 0.812. The van der Waals surface area contributed by atoms with Crippen LogP contribution in [-0.2, 0) is 10.2 Å². The third-order valence-electron chi connectivity index (χ3n) is 3.71. The maximum absolute atomic E-state index is 11.9. The number of carbonyl (C=O) groups excluding carboxylic acids is 1. The van der Waals surface area contributed by atoms with Crippen molar-refractivity contribution in [2.24, 2.45) is 5.73 Å². The fraction of sp³-hybridized carbons (Fsp3) is 0.471. The van der Waals surface area contributed by atoms with Gasteiger partial charge in [0.2, 0.25) is 0 Å².